The maximum Gasteiger partial charge on any atom is 0.0570 e. The second-order valence-electron chi connectivity index (χ2n) is 5.39. The Hall–Kier alpha value is -0.340. The maximum atomic E-state index is 9.71. The largest absolute Gasteiger partial charge is 0.393 e. The minimum Gasteiger partial charge on any atom is -0.393 e. The van der Waals surface area contributed by atoms with Crippen molar-refractivity contribution in [2.45, 2.75) is 69.6 Å². The molecule has 0 radical (unpaired) electrons. The molecule has 2 fully saturated rings. The molecule has 2 aliphatic heterocycles. The molecule has 0 aromatic heterocycles. The lowest BCUT2D eigenvalue weighted by atomic mass is 9.99. The number of fused-ring (bicyclic) bond motifs is 2. The highest BCUT2D eigenvalue weighted by atomic mass is 16.3. The number of piperidine rings is 1. The van der Waals surface area contributed by atoms with E-state index in [0.29, 0.717) is 12.1 Å². The first kappa shape index (κ1) is 12.1. The van der Waals surface area contributed by atoms with E-state index < -0.39 is 0 Å². The van der Waals surface area contributed by atoms with Crippen molar-refractivity contribution in [1.82, 2.24) is 4.90 Å². The van der Waals surface area contributed by atoms with Crippen LogP contribution in [0.4, 0.5) is 0 Å². The van der Waals surface area contributed by atoms with E-state index in [0.717, 1.165) is 19.3 Å². The molecule has 2 rings (SSSR count). The third kappa shape index (κ3) is 2.86. The summed E-state index contributed by atoms with van der Waals surface area (Å²) < 4.78 is 0. The molecule has 2 heterocycles. The van der Waals surface area contributed by atoms with Crippen LogP contribution in [0.3, 0.4) is 0 Å². The molecule has 2 saturated heterocycles. The van der Waals surface area contributed by atoms with Crippen molar-refractivity contribution in [3.05, 3.63) is 12.7 Å². The molecule has 0 saturated carbocycles. The number of hydrogen-bond acceptors (Lipinski definition) is 2. The highest BCUT2D eigenvalue weighted by Crippen LogP contribution is 2.35. The molecular formula is C14H25NO. The lowest BCUT2D eigenvalue weighted by Crippen LogP contribution is -2.44. The zero-order chi connectivity index (χ0) is 11.4. The van der Waals surface area contributed by atoms with Crippen LogP contribution < -0.4 is 0 Å². The summed E-state index contributed by atoms with van der Waals surface area (Å²) in [5, 5.41) is 9.71. The number of hydrogen-bond donors (Lipinski definition) is 1. The normalized spacial score (nSPS) is 34.2. The number of aliphatic hydroxyl groups excluding tert-OH is 1. The van der Waals surface area contributed by atoms with Crippen LogP contribution in [0.25, 0.3) is 0 Å². The fourth-order valence-electron chi connectivity index (χ4n) is 3.37. The Kier molecular flexibility index (Phi) is 4.42. The number of nitrogens with zero attached hydrogens (tertiary/aromatic N) is 1. The summed E-state index contributed by atoms with van der Waals surface area (Å²) in [6.45, 7) is 5.00. The van der Waals surface area contributed by atoms with Crippen LogP contribution in [-0.4, -0.2) is 34.7 Å². The molecule has 2 nitrogen and oxygen atoms in total. The maximum absolute atomic E-state index is 9.71. The second kappa shape index (κ2) is 5.83. The molecule has 2 atom stereocenters. The Bertz CT molecular complexity index is 215. The Balaban J connectivity index is 1.68. The van der Waals surface area contributed by atoms with Gasteiger partial charge < -0.3 is 5.11 Å². The molecule has 2 bridgehead atoms. The molecule has 0 aromatic rings. The van der Waals surface area contributed by atoms with Crippen molar-refractivity contribution < 1.29 is 5.11 Å². The summed E-state index contributed by atoms with van der Waals surface area (Å²) >= 11 is 0. The lowest BCUT2D eigenvalue weighted by molar-refractivity contribution is 0.0347. The summed E-state index contributed by atoms with van der Waals surface area (Å²) in [4.78, 5) is 2.67. The Labute approximate surface area is 99.3 Å². The van der Waals surface area contributed by atoms with E-state index in [1.54, 1.807) is 0 Å². The summed E-state index contributed by atoms with van der Waals surface area (Å²) in [6.07, 6.45) is 11.7. The topological polar surface area (TPSA) is 23.5 Å². The smallest absolute Gasteiger partial charge is 0.0570 e. The molecular weight excluding hydrogens is 198 g/mol. The number of unbranched alkanes of at least 4 members (excludes halogenated alkanes) is 3. The molecule has 2 unspecified atom stereocenters. The summed E-state index contributed by atoms with van der Waals surface area (Å²) in [7, 11) is 0. The first-order valence-electron chi connectivity index (χ1n) is 6.86. The van der Waals surface area contributed by atoms with Gasteiger partial charge in [-0.25, -0.2) is 0 Å². The van der Waals surface area contributed by atoms with Crippen LogP contribution >= 0.6 is 0 Å². The van der Waals surface area contributed by atoms with Gasteiger partial charge in [0.25, 0.3) is 0 Å². The van der Waals surface area contributed by atoms with Crippen molar-refractivity contribution in [2.75, 3.05) is 6.54 Å². The molecule has 0 spiro atoms. The van der Waals surface area contributed by atoms with Crippen molar-refractivity contribution in [1.29, 1.82) is 0 Å². The van der Waals surface area contributed by atoms with Crippen molar-refractivity contribution in [3.8, 4) is 0 Å². The van der Waals surface area contributed by atoms with Crippen LogP contribution in [-0.2, 0) is 0 Å². The standard InChI is InChI=1S/C14H25NO/c1-2-3-4-5-6-9-15-12-7-8-13(15)11-14(16)10-12/h2,12-14,16H,1,3-11H2. The van der Waals surface area contributed by atoms with Crippen LogP contribution in [0.2, 0.25) is 0 Å². The van der Waals surface area contributed by atoms with Gasteiger partial charge in [0.1, 0.15) is 0 Å². The zero-order valence-corrected chi connectivity index (χ0v) is 10.3. The van der Waals surface area contributed by atoms with E-state index in [9.17, 15) is 5.11 Å². The molecule has 0 amide bonds. The van der Waals surface area contributed by atoms with Crippen molar-refractivity contribution in [3.63, 3.8) is 0 Å². The van der Waals surface area contributed by atoms with Gasteiger partial charge in [0.2, 0.25) is 0 Å². The monoisotopic (exact) mass is 223 g/mol. The van der Waals surface area contributed by atoms with Gasteiger partial charge in [-0.15, -0.1) is 6.58 Å². The molecule has 0 aliphatic carbocycles. The average Bonchev–Trinajstić information content (AvgIpc) is 2.51. The van der Waals surface area contributed by atoms with Crippen LogP contribution in [0.15, 0.2) is 12.7 Å². The van der Waals surface area contributed by atoms with Crippen LogP contribution in [0, 0.1) is 0 Å². The van der Waals surface area contributed by atoms with Gasteiger partial charge in [0.15, 0.2) is 0 Å². The van der Waals surface area contributed by atoms with Crippen molar-refractivity contribution in [2.24, 2.45) is 0 Å². The fraction of sp³-hybridized carbons (Fsp3) is 0.857. The lowest BCUT2D eigenvalue weighted by Gasteiger charge is -2.37. The Morgan fingerprint density at radius 3 is 2.44 bits per heavy atom. The zero-order valence-electron chi connectivity index (χ0n) is 10.3. The third-order valence-electron chi connectivity index (χ3n) is 4.18. The van der Waals surface area contributed by atoms with E-state index in [1.165, 1.54) is 38.6 Å². The molecule has 16 heavy (non-hydrogen) atoms. The van der Waals surface area contributed by atoms with Gasteiger partial charge in [-0.1, -0.05) is 12.5 Å². The Morgan fingerprint density at radius 2 is 1.81 bits per heavy atom. The first-order chi connectivity index (χ1) is 7.81. The van der Waals surface area contributed by atoms with Crippen LogP contribution in [0.1, 0.15) is 51.4 Å². The van der Waals surface area contributed by atoms with Crippen molar-refractivity contribution >= 4 is 0 Å². The summed E-state index contributed by atoms with van der Waals surface area (Å²) in [6, 6.07) is 1.38. The number of allylic oxidation sites excluding steroid dienone is 1. The highest BCUT2D eigenvalue weighted by molar-refractivity contribution is 4.94. The summed E-state index contributed by atoms with van der Waals surface area (Å²) in [5.74, 6) is 0. The molecule has 0 aromatic carbocycles. The van der Waals surface area contributed by atoms with Gasteiger partial charge in [0, 0.05) is 12.1 Å². The minimum atomic E-state index is -0.0190. The molecule has 2 aliphatic rings. The quantitative estimate of drug-likeness (QED) is 0.553. The minimum absolute atomic E-state index is 0.0190. The first-order valence-corrected chi connectivity index (χ1v) is 6.86. The molecule has 1 N–H and O–H groups in total. The van der Waals surface area contributed by atoms with Gasteiger partial charge in [-0.3, -0.25) is 4.90 Å². The van der Waals surface area contributed by atoms with E-state index in [-0.39, 0.29) is 6.10 Å². The Morgan fingerprint density at radius 1 is 1.12 bits per heavy atom. The third-order valence-corrected chi connectivity index (χ3v) is 4.18. The molecule has 92 valence electrons. The van der Waals surface area contributed by atoms with E-state index in [2.05, 4.69) is 11.5 Å². The number of aliphatic hydroxyl groups is 1. The van der Waals surface area contributed by atoms with E-state index in [1.807, 2.05) is 6.08 Å². The molecule has 2 heteroatoms. The fourth-order valence-corrected chi connectivity index (χ4v) is 3.37. The SMILES string of the molecule is C=CCCCCCN1C2CCC1CC(O)C2. The van der Waals surface area contributed by atoms with Crippen LogP contribution in [0.5, 0.6) is 0 Å². The average molecular weight is 223 g/mol. The number of rotatable bonds is 6. The van der Waals surface area contributed by atoms with Gasteiger partial charge >= 0.3 is 0 Å². The van der Waals surface area contributed by atoms with Gasteiger partial charge in [-0.05, 0) is 51.5 Å². The predicted molar refractivity (Wildman–Crippen MR) is 67.4 cm³/mol. The van der Waals surface area contributed by atoms with Gasteiger partial charge in [0.05, 0.1) is 6.10 Å². The van der Waals surface area contributed by atoms with E-state index in [4.69, 9.17) is 0 Å². The van der Waals surface area contributed by atoms with E-state index >= 15 is 0 Å². The summed E-state index contributed by atoms with van der Waals surface area (Å²) in [5.41, 5.74) is 0. The highest BCUT2D eigenvalue weighted by Gasteiger charge is 2.39. The van der Waals surface area contributed by atoms with Gasteiger partial charge in [-0.2, -0.15) is 0 Å². The predicted octanol–water partition coefficient (Wildman–Crippen LogP) is 2.72. The second-order valence-corrected chi connectivity index (χ2v) is 5.39.